The molecule has 2 aromatic carbocycles. The van der Waals surface area contributed by atoms with Gasteiger partial charge < -0.3 is 23.0 Å². The Kier molecular flexibility index (Phi) is 5.25. The zero-order chi connectivity index (χ0) is 22.1. The zero-order valence-electron chi connectivity index (χ0n) is 17.5. The molecule has 0 saturated heterocycles. The van der Waals surface area contributed by atoms with Crippen LogP contribution in [0.15, 0.2) is 62.2 Å². The summed E-state index contributed by atoms with van der Waals surface area (Å²) in [4.78, 5) is 25.6. The van der Waals surface area contributed by atoms with Crippen LogP contribution in [0, 0.1) is 13.8 Å². The third-order valence-corrected chi connectivity index (χ3v) is 5.00. The molecule has 0 N–H and O–H groups in total. The Hall–Kier alpha value is -4.00. The van der Waals surface area contributed by atoms with Crippen LogP contribution in [-0.2, 0) is 0 Å². The molecule has 4 rings (SSSR count). The maximum Gasteiger partial charge on any atom is 0.351 e. The van der Waals surface area contributed by atoms with E-state index in [1.54, 1.807) is 31.2 Å². The van der Waals surface area contributed by atoms with Gasteiger partial charge in [-0.1, -0.05) is 24.3 Å². The molecule has 7 heteroatoms. The fourth-order valence-corrected chi connectivity index (χ4v) is 3.40. The topological polar surface area (TPSA) is 88.1 Å². The van der Waals surface area contributed by atoms with Gasteiger partial charge in [0.1, 0.15) is 28.4 Å². The van der Waals surface area contributed by atoms with Crippen molar-refractivity contribution in [1.82, 2.24) is 0 Å². The molecule has 0 fully saturated rings. The van der Waals surface area contributed by atoms with E-state index in [0.717, 1.165) is 5.39 Å². The maximum absolute atomic E-state index is 13.0. The molecular weight excluding hydrogens is 400 g/mol. The van der Waals surface area contributed by atoms with Crippen LogP contribution in [0.25, 0.3) is 22.5 Å². The van der Waals surface area contributed by atoms with Gasteiger partial charge in [-0.05, 0) is 38.1 Å². The summed E-state index contributed by atoms with van der Waals surface area (Å²) >= 11 is 0. The molecule has 0 atom stereocenters. The van der Waals surface area contributed by atoms with Crippen molar-refractivity contribution in [2.24, 2.45) is 0 Å². The summed E-state index contributed by atoms with van der Waals surface area (Å²) in [5, 5.41) is 0.859. The lowest BCUT2D eigenvalue weighted by Crippen LogP contribution is -2.16. The lowest BCUT2D eigenvalue weighted by atomic mass is 10.1. The predicted molar refractivity (Wildman–Crippen MR) is 114 cm³/mol. The number of hydrogen-bond donors (Lipinski definition) is 0. The van der Waals surface area contributed by atoms with Crippen LogP contribution in [0.2, 0.25) is 0 Å². The van der Waals surface area contributed by atoms with Crippen LogP contribution in [0.5, 0.6) is 17.2 Å². The largest absolute Gasteiger partial charge is 0.496 e. The van der Waals surface area contributed by atoms with E-state index < -0.39 is 11.6 Å². The minimum absolute atomic E-state index is 0.102. The van der Waals surface area contributed by atoms with Crippen LogP contribution in [-0.4, -0.2) is 20.2 Å². The molecule has 4 aromatic rings. The Bertz CT molecular complexity index is 1290. The van der Waals surface area contributed by atoms with E-state index in [0.29, 0.717) is 28.4 Å². The second-order valence-corrected chi connectivity index (χ2v) is 6.87. The molecule has 0 aliphatic rings. The van der Waals surface area contributed by atoms with E-state index >= 15 is 0 Å². The van der Waals surface area contributed by atoms with Crippen molar-refractivity contribution in [3.8, 4) is 28.8 Å². The molecule has 0 radical (unpaired) electrons. The van der Waals surface area contributed by atoms with Crippen molar-refractivity contribution in [3.05, 3.63) is 75.6 Å². The number of hydrogen-bond acceptors (Lipinski definition) is 7. The van der Waals surface area contributed by atoms with Crippen LogP contribution < -0.4 is 19.8 Å². The number of furan rings is 1. The number of fused-ring (bicyclic) bond motifs is 1. The van der Waals surface area contributed by atoms with Crippen molar-refractivity contribution >= 4 is 16.9 Å². The molecule has 2 heterocycles. The van der Waals surface area contributed by atoms with Gasteiger partial charge in [0.2, 0.25) is 0 Å². The van der Waals surface area contributed by atoms with E-state index in [1.807, 2.05) is 24.3 Å². The number of ether oxygens (including phenoxy) is 3. The van der Waals surface area contributed by atoms with Crippen LogP contribution in [0.4, 0.5) is 0 Å². The van der Waals surface area contributed by atoms with Gasteiger partial charge in [-0.15, -0.1) is 0 Å². The molecule has 7 nitrogen and oxygen atoms in total. The van der Waals surface area contributed by atoms with Crippen molar-refractivity contribution in [2.45, 2.75) is 13.8 Å². The number of benzene rings is 2. The number of esters is 1. The predicted octanol–water partition coefficient (Wildman–Crippen LogP) is 4.91. The highest BCUT2D eigenvalue weighted by Crippen LogP contribution is 2.36. The Morgan fingerprint density at radius 3 is 2.19 bits per heavy atom. The lowest BCUT2D eigenvalue weighted by molar-refractivity contribution is 0.0724. The highest BCUT2D eigenvalue weighted by Gasteiger charge is 2.25. The van der Waals surface area contributed by atoms with Crippen molar-refractivity contribution in [2.75, 3.05) is 14.2 Å². The van der Waals surface area contributed by atoms with Crippen molar-refractivity contribution in [3.63, 3.8) is 0 Å². The average molecular weight is 420 g/mol. The SMILES string of the molecule is COc1cccc(OC)c1C(=O)Oc1c(C)c(-c2cc3ccccc3o2)oc(=O)c1C. The summed E-state index contributed by atoms with van der Waals surface area (Å²) in [6, 6.07) is 14.1. The van der Waals surface area contributed by atoms with Gasteiger partial charge in [0.15, 0.2) is 11.5 Å². The Labute approximate surface area is 177 Å². The first-order valence-electron chi connectivity index (χ1n) is 9.51. The maximum atomic E-state index is 13.0. The van der Waals surface area contributed by atoms with Gasteiger partial charge in [-0.25, -0.2) is 9.59 Å². The second kappa shape index (κ2) is 8.02. The molecule has 0 saturated carbocycles. The summed E-state index contributed by atoms with van der Waals surface area (Å²) < 4.78 is 27.5. The number of methoxy groups -OCH3 is 2. The van der Waals surface area contributed by atoms with Gasteiger partial charge in [0, 0.05) is 10.9 Å². The number of para-hydroxylation sites is 1. The van der Waals surface area contributed by atoms with E-state index in [4.69, 9.17) is 23.0 Å². The first-order chi connectivity index (χ1) is 14.9. The van der Waals surface area contributed by atoms with Gasteiger partial charge in [-0.3, -0.25) is 0 Å². The summed E-state index contributed by atoms with van der Waals surface area (Å²) in [5.41, 5.74) is 0.760. The molecule has 0 aliphatic heterocycles. The van der Waals surface area contributed by atoms with E-state index in [1.165, 1.54) is 21.1 Å². The molecule has 158 valence electrons. The summed E-state index contributed by atoms with van der Waals surface area (Å²) in [7, 11) is 2.89. The van der Waals surface area contributed by atoms with Crippen LogP contribution in [0.1, 0.15) is 21.5 Å². The number of carbonyl (C=O) groups excluding carboxylic acids is 1. The molecule has 0 unspecified atom stereocenters. The highest BCUT2D eigenvalue weighted by molar-refractivity contribution is 5.97. The lowest BCUT2D eigenvalue weighted by Gasteiger charge is -2.15. The van der Waals surface area contributed by atoms with Crippen molar-refractivity contribution in [1.29, 1.82) is 0 Å². The van der Waals surface area contributed by atoms with E-state index in [2.05, 4.69) is 0 Å². The molecule has 0 amide bonds. The normalized spacial score (nSPS) is 10.8. The second-order valence-electron chi connectivity index (χ2n) is 6.87. The fourth-order valence-electron chi connectivity index (χ4n) is 3.40. The summed E-state index contributed by atoms with van der Waals surface area (Å²) in [6.07, 6.45) is 0. The van der Waals surface area contributed by atoms with Gasteiger partial charge in [-0.2, -0.15) is 0 Å². The third-order valence-electron chi connectivity index (χ3n) is 5.00. The van der Waals surface area contributed by atoms with E-state index in [-0.39, 0.29) is 22.6 Å². The molecular formula is C24H20O7. The van der Waals surface area contributed by atoms with Crippen molar-refractivity contribution < 1.29 is 27.8 Å². The van der Waals surface area contributed by atoms with E-state index in [9.17, 15) is 9.59 Å². The van der Waals surface area contributed by atoms with Crippen LogP contribution in [0.3, 0.4) is 0 Å². The smallest absolute Gasteiger partial charge is 0.351 e. The third kappa shape index (κ3) is 3.54. The van der Waals surface area contributed by atoms with Gasteiger partial charge in [0.05, 0.1) is 19.8 Å². The number of carbonyl (C=O) groups is 1. The minimum atomic E-state index is -0.721. The first-order valence-corrected chi connectivity index (χ1v) is 9.51. The van der Waals surface area contributed by atoms with Gasteiger partial charge >= 0.3 is 11.6 Å². The summed E-state index contributed by atoms with van der Waals surface area (Å²) in [5.74, 6) is 0.524. The molecule has 2 aromatic heterocycles. The zero-order valence-corrected chi connectivity index (χ0v) is 17.5. The number of rotatable bonds is 5. The quantitative estimate of drug-likeness (QED) is 0.424. The summed E-state index contributed by atoms with van der Waals surface area (Å²) in [6.45, 7) is 3.23. The Morgan fingerprint density at radius 2 is 1.55 bits per heavy atom. The molecule has 31 heavy (non-hydrogen) atoms. The fraction of sp³-hybridized carbons (Fsp3) is 0.167. The molecule has 0 spiro atoms. The monoisotopic (exact) mass is 420 g/mol. The van der Waals surface area contributed by atoms with Crippen LogP contribution >= 0.6 is 0 Å². The first kappa shape index (κ1) is 20.3. The highest BCUT2D eigenvalue weighted by atomic mass is 16.5. The standard InChI is InChI=1S/C24H20O7/c1-13-21(30-24(26)20-17(27-3)10-7-11-18(20)28-4)14(2)23(25)31-22(13)19-12-15-8-5-6-9-16(15)29-19/h5-12H,1-4H3. The van der Waals surface area contributed by atoms with Gasteiger partial charge in [0.25, 0.3) is 0 Å². The molecule has 0 aliphatic carbocycles. The Balaban J connectivity index is 1.81. The average Bonchev–Trinajstić information content (AvgIpc) is 3.22. The minimum Gasteiger partial charge on any atom is -0.496 e. The Morgan fingerprint density at radius 1 is 0.871 bits per heavy atom. The molecule has 0 bridgehead atoms.